The van der Waals surface area contributed by atoms with Crippen molar-refractivity contribution in [2.24, 2.45) is 0 Å². The van der Waals surface area contributed by atoms with Gasteiger partial charge in [-0.2, -0.15) is 0 Å². The van der Waals surface area contributed by atoms with Crippen molar-refractivity contribution in [3.8, 4) is 0 Å². The molecule has 0 saturated carbocycles. The van der Waals surface area contributed by atoms with E-state index in [4.69, 9.17) is 4.74 Å². The van der Waals surface area contributed by atoms with E-state index in [1.807, 2.05) is 45.2 Å². The molecule has 0 bridgehead atoms. The summed E-state index contributed by atoms with van der Waals surface area (Å²) in [6.07, 6.45) is -0.0345. The van der Waals surface area contributed by atoms with Gasteiger partial charge in [-0.1, -0.05) is 18.2 Å². The number of carbonyl (C=O) groups is 1. The minimum absolute atomic E-state index is 0.0345. The first-order chi connectivity index (χ1) is 10.9. The molecule has 0 radical (unpaired) electrons. The summed E-state index contributed by atoms with van der Waals surface area (Å²) in [7, 11) is 9.44. The van der Waals surface area contributed by atoms with Crippen LogP contribution in [0.25, 0.3) is 16.5 Å². The zero-order valence-corrected chi connectivity index (χ0v) is 14.5. The number of hydrogen-bond donors (Lipinski definition) is 0. The van der Waals surface area contributed by atoms with Gasteiger partial charge in [-0.25, -0.2) is 4.79 Å². The number of aryl methyl sites for hydroxylation is 1. The van der Waals surface area contributed by atoms with Crippen LogP contribution in [0.15, 0.2) is 30.0 Å². The van der Waals surface area contributed by atoms with Crippen molar-refractivity contribution in [1.82, 2.24) is 14.4 Å². The van der Waals surface area contributed by atoms with Crippen LogP contribution in [-0.2, 0) is 9.53 Å². The normalized spacial score (nSPS) is 17.1. The summed E-state index contributed by atoms with van der Waals surface area (Å²) in [5, 5.41) is 1.17. The SMILES string of the molecule is COC(=O)C1=C(N(C)C)C(N(C)C)n2c1c(C)c1ccccc12. The van der Waals surface area contributed by atoms with Crippen LogP contribution >= 0.6 is 0 Å². The molecule has 122 valence electrons. The molecule has 0 saturated heterocycles. The lowest BCUT2D eigenvalue weighted by atomic mass is 10.0. The van der Waals surface area contributed by atoms with E-state index in [1.54, 1.807) is 0 Å². The Balaban J connectivity index is 2.43. The Morgan fingerprint density at radius 1 is 1.17 bits per heavy atom. The molecule has 2 heterocycles. The topological polar surface area (TPSA) is 37.7 Å². The summed E-state index contributed by atoms with van der Waals surface area (Å²) in [5.74, 6) is -0.287. The maximum atomic E-state index is 12.6. The van der Waals surface area contributed by atoms with E-state index in [0.717, 1.165) is 22.5 Å². The molecule has 5 nitrogen and oxygen atoms in total. The second-order valence-electron chi connectivity index (χ2n) is 6.34. The number of carbonyl (C=O) groups excluding carboxylic acids is 1. The van der Waals surface area contributed by atoms with E-state index in [9.17, 15) is 4.79 Å². The fourth-order valence-corrected chi connectivity index (χ4v) is 3.60. The smallest absolute Gasteiger partial charge is 0.341 e. The molecule has 0 fully saturated rings. The first kappa shape index (κ1) is 15.6. The van der Waals surface area contributed by atoms with E-state index in [2.05, 4.69) is 28.5 Å². The average molecular weight is 313 g/mol. The molecule has 2 aromatic rings. The van der Waals surface area contributed by atoms with Crippen molar-refractivity contribution >= 4 is 22.4 Å². The number of hydrogen-bond acceptors (Lipinski definition) is 4. The fraction of sp³-hybridized carbons (Fsp3) is 0.389. The molecule has 1 aliphatic heterocycles. The van der Waals surface area contributed by atoms with E-state index < -0.39 is 0 Å². The maximum Gasteiger partial charge on any atom is 0.341 e. The third-order valence-electron chi connectivity index (χ3n) is 4.51. The predicted molar refractivity (Wildman–Crippen MR) is 92.0 cm³/mol. The van der Waals surface area contributed by atoms with Crippen molar-refractivity contribution < 1.29 is 9.53 Å². The van der Waals surface area contributed by atoms with Gasteiger partial charge in [-0.15, -0.1) is 0 Å². The zero-order chi connectivity index (χ0) is 16.9. The number of nitrogens with zero attached hydrogens (tertiary/aromatic N) is 3. The van der Waals surface area contributed by atoms with Crippen molar-refractivity contribution in [3.05, 3.63) is 41.2 Å². The monoisotopic (exact) mass is 313 g/mol. The highest BCUT2D eigenvalue weighted by Crippen LogP contribution is 2.45. The Morgan fingerprint density at radius 3 is 2.39 bits per heavy atom. The number of aromatic nitrogens is 1. The lowest BCUT2D eigenvalue weighted by molar-refractivity contribution is -0.133. The zero-order valence-electron chi connectivity index (χ0n) is 14.5. The number of fused-ring (bicyclic) bond motifs is 3. The number of ether oxygens (including phenoxy) is 1. The second kappa shape index (κ2) is 5.42. The van der Waals surface area contributed by atoms with Crippen LogP contribution in [0.2, 0.25) is 0 Å². The van der Waals surface area contributed by atoms with Gasteiger partial charge in [0.15, 0.2) is 0 Å². The van der Waals surface area contributed by atoms with Crippen molar-refractivity contribution in [3.63, 3.8) is 0 Å². The molecule has 1 aliphatic rings. The number of para-hydroxylation sites is 1. The standard InChI is InChI=1S/C18H23N3O2/c1-11-12-9-7-8-10-13(12)21-15(11)14(18(22)23-6)16(19(2)3)17(21)20(4)5/h7-10,17H,1-6H3. The van der Waals surface area contributed by atoms with Crippen LogP contribution in [0.5, 0.6) is 0 Å². The third kappa shape index (κ3) is 2.07. The highest BCUT2D eigenvalue weighted by atomic mass is 16.5. The Morgan fingerprint density at radius 2 is 1.83 bits per heavy atom. The second-order valence-corrected chi connectivity index (χ2v) is 6.34. The molecular formula is C18H23N3O2. The number of benzene rings is 1. The van der Waals surface area contributed by atoms with Crippen LogP contribution in [0.1, 0.15) is 17.4 Å². The summed E-state index contributed by atoms with van der Waals surface area (Å²) in [5.41, 5.74) is 4.83. The lowest BCUT2D eigenvalue weighted by Crippen LogP contribution is -2.30. The molecule has 5 heteroatoms. The van der Waals surface area contributed by atoms with Gasteiger partial charge in [-0.05, 0) is 32.6 Å². The van der Waals surface area contributed by atoms with Gasteiger partial charge >= 0.3 is 5.97 Å². The van der Waals surface area contributed by atoms with Gasteiger partial charge in [0.05, 0.1) is 24.0 Å². The minimum Gasteiger partial charge on any atom is -0.465 e. The van der Waals surface area contributed by atoms with Crippen LogP contribution in [0.3, 0.4) is 0 Å². The summed E-state index contributed by atoms with van der Waals surface area (Å²) < 4.78 is 7.34. The summed E-state index contributed by atoms with van der Waals surface area (Å²) in [4.78, 5) is 16.7. The quantitative estimate of drug-likeness (QED) is 0.816. The Labute approximate surface area is 136 Å². The van der Waals surface area contributed by atoms with Crippen LogP contribution in [0, 0.1) is 6.92 Å². The summed E-state index contributed by atoms with van der Waals surface area (Å²) >= 11 is 0. The van der Waals surface area contributed by atoms with Gasteiger partial charge in [0, 0.05) is 19.5 Å². The van der Waals surface area contributed by atoms with E-state index in [0.29, 0.717) is 5.57 Å². The van der Waals surface area contributed by atoms with E-state index in [1.165, 1.54) is 12.5 Å². The summed E-state index contributed by atoms with van der Waals surface area (Å²) in [6, 6.07) is 8.28. The largest absolute Gasteiger partial charge is 0.465 e. The first-order valence-electron chi connectivity index (χ1n) is 7.66. The average Bonchev–Trinajstić information content (AvgIpc) is 3.01. The number of likely N-dealkylation sites (N-methyl/N-ethyl adjacent to an activating group) is 2. The predicted octanol–water partition coefficient (Wildman–Crippen LogP) is 2.47. The Kier molecular flexibility index (Phi) is 3.68. The van der Waals surface area contributed by atoms with Gasteiger partial charge in [0.2, 0.25) is 0 Å². The van der Waals surface area contributed by atoms with Gasteiger partial charge in [-0.3, -0.25) is 4.90 Å². The molecule has 0 amide bonds. The molecular weight excluding hydrogens is 290 g/mol. The van der Waals surface area contributed by atoms with Crippen LogP contribution in [-0.4, -0.2) is 55.6 Å². The van der Waals surface area contributed by atoms with Crippen molar-refractivity contribution in [2.75, 3.05) is 35.3 Å². The molecule has 0 aliphatic carbocycles. The molecule has 0 spiro atoms. The molecule has 23 heavy (non-hydrogen) atoms. The van der Waals surface area contributed by atoms with E-state index >= 15 is 0 Å². The van der Waals surface area contributed by atoms with Crippen molar-refractivity contribution in [1.29, 1.82) is 0 Å². The fourth-order valence-electron chi connectivity index (χ4n) is 3.60. The first-order valence-corrected chi connectivity index (χ1v) is 7.66. The molecule has 1 aromatic heterocycles. The Bertz CT molecular complexity index is 815. The summed E-state index contributed by atoms with van der Waals surface area (Å²) in [6.45, 7) is 2.07. The minimum atomic E-state index is -0.287. The maximum absolute atomic E-state index is 12.6. The van der Waals surface area contributed by atoms with Gasteiger partial charge < -0.3 is 14.2 Å². The third-order valence-corrected chi connectivity index (χ3v) is 4.51. The molecule has 1 atom stereocenters. The number of esters is 1. The number of methoxy groups -OCH3 is 1. The van der Waals surface area contributed by atoms with Crippen LogP contribution < -0.4 is 0 Å². The molecule has 3 rings (SSSR count). The Hall–Kier alpha value is -2.27. The molecule has 1 aromatic carbocycles. The lowest BCUT2D eigenvalue weighted by Gasteiger charge is -2.29. The van der Waals surface area contributed by atoms with Gasteiger partial charge in [0.1, 0.15) is 11.7 Å². The van der Waals surface area contributed by atoms with Gasteiger partial charge in [0.25, 0.3) is 0 Å². The molecule has 1 unspecified atom stereocenters. The molecule has 0 N–H and O–H groups in total. The van der Waals surface area contributed by atoms with E-state index in [-0.39, 0.29) is 12.1 Å². The highest BCUT2D eigenvalue weighted by molar-refractivity contribution is 6.20. The van der Waals surface area contributed by atoms with Crippen LogP contribution in [0.4, 0.5) is 0 Å². The van der Waals surface area contributed by atoms with Crippen molar-refractivity contribution in [2.45, 2.75) is 13.1 Å². The highest BCUT2D eigenvalue weighted by Gasteiger charge is 2.40. The number of rotatable bonds is 3.